The van der Waals surface area contributed by atoms with E-state index in [0.717, 1.165) is 53.0 Å². The van der Waals surface area contributed by atoms with E-state index in [1.165, 1.54) is 0 Å². The van der Waals surface area contributed by atoms with Crippen LogP contribution >= 0.6 is 0 Å². The lowest BCUT2D eigenvalue weighted by molar-refractivity contribution is -0.126. The van der Waals surface area contributed by atoms with Crippen molar-refractivity contribution < 1.29 is 23.8 Å². The Morgan fingerprint density at radius 3 is 2.32 bits per heavy atom. The van der Waals surface area contributed by atoms with Gasteiger partial charge in [0.25, 0.3) is 0 Å². The Labute approximate surface area is 226 Å². The lowest BCUT2D eigenvalue weighted by Gasteiger charge is -2.42. The maximum absolute atomic E-state index is 13.8. The van der Waals surface area contributed by atoms with E-state index in [-0.39, 0.29) is 24.0 Å². The Kier molecular flexibility index (Phi) is 8.66. The number of ether oxygens (including phenoxy) is 3. The molecule has 2 aliphatic carbocycles. The first-order valence-corrected chi connectivity index (χ1v) is 13.7. The van der Waals surface area contributed by atoms with Crippen LogP contribution in [0.3, 0.4) is 0 Å². The molecule has 0 aliphatic heterocycles. The van der Waals surface area contributed by atoms with Crippen molar-refractivity contribution in [2.24, 2.45) is 0 Å². The van der Waals surface area contributed by atoms with Gasteiger partial charge in [-0.1, -0.05) is 30.3 Å². The smallest absolute Gasteiger partial charge is 0.318 e. The lowest BCUT2D eigenvalue weighted by Crippen LogP contribution is -2.61. The number of urea groups is 1. The van der Waals surface area contributed by atoms with Crippen LogP contribution in [-0.2, 0) is 9.53 Å². The number of carbonyl (C=O) groups is 2. The average Bonchev–Trinajstić information content (AvgIpc) is 3.73. The van der Waals surface area contributed by atoms with E-state index in [4.69, 9.17) is 14.2 Å². The highest BCUT2D eigenvalue weighted by molar-refractivity contribution is 5.92. The van der Waals surface area contributed by atoms with Crippen LogP contribution in [0.15, 0.2) is 36.4 Å². The van der Waals surface area contributed by atoms with Crippen molar-refractivity contribution in [1.82, 2.24) is 10.2 Å². The molecule has 2 atom stereocenters. The lowest BCUT2D eigenvalue weighted by atomic mass is 9.74. The van der Waals surface area contributed by atoms with Crippen molar-refractivity contribution in [1.29, 1.82) is 0 Å². The van der Waals surface area contributed by atoms with Gasteiger partial charge in [-0.05, 0) is 88.5 Å². The number of nitrogens with one attached hydrogen (secondary N) is 1. The van der Waals surface area contributed by atoms with Crippen LogP contribution in [-0.4, -0.2) is 49.6 Å². The molecule has 2 aromatic carbocycles. The molecular weight excluding hydrogens is 480 g/mol. The molecule has 7 heteroatoms. The van der Waals surface area contributed by atoms with E-state index < -0.39 is 5.54 Å². The number of hydrogen-bond acceptors (Lipinski definition) is 5. The van der Waals surface area contributed by atoms with Crippen LogP contribution in [0.4, 0.5) is 4.79 Å². The van der Waals surface area contributed by atoms with Gasteiger partial charge in [0, 0.05) is 12.1 Å². The number of ketones is 1. The zero-order valence-corrected chi connectivity index (χ0v) is 23.6. The fraction of sp³-hybridized carbons (Fsp3) is 0.548. The number of methoxy groups -OCH3 is 2. The molecule has 2 aliphatic rings. The van der Waals surface area contributed by atoms with Crippen molar-refractivity contribution in [2.75, 3.05) is 27.4 Å². The third-order valence-electron chi connectivity index (χ3n) is 8.35. The molecule has 0 heterocycles. The Bertz CT molecular complexity index is 1140. The highest BCUT2D eigenvalue weighted by Crippen LogP contribution is 2.51. The summed E-state index contributed by atoms with van der Waals surface area (Å²) in [6.07, 6.45) is 4.43. The fourth-order valence-corrected chi connectivity index (χ4v) is 5.56. The third kappa shape index (κ3) is 5.68. The first kappa shape index (κ1) is 28.0. The molecule has 2 aromatic rings. The monoisotopic (exact) mass is 522 g/mol. The number of hydrogen-bond donors (Lipinski definition) is 1. The first-order valence-electron chi connectivity index (χ1n) is 13.7. The molecule has 0 saturated heterocycles. The minimum Gasteiger partial charge on any atom is -0.496 e. The van der Waals surface area contributed by atoms with E-state index in [1.807, 2.05) is 57.2 Å². The van der Waals surface area contributed by atoms with Crippen molar-refractivity contribution in [3.63, 3.8) is 0 Å². The molecule has 38 heavy (non-hydrogen) atoms. The number of nitrogens with zero attached hydrogens (tertiary/aromatic N) is 1. The molecule has 0 aromatic heterocycles. The number of amides is 2. The summed E-state index contributed by atoms with van der Waals surface area (Å²) in [4.78, 5) is 28.0. The van der Waals surface area contributed by atoms with Crippen LogP contribution in [0.25, 0.3) is 0 Å². The Morgan fingerprint density at radius 2 is 1.79 bits per heavy atom. The minimum absolute atomic E-state index is 0.00644. The Hall–Kier alpha value is -3.06. The SMILES string of the molecule is COc1cc(C(C)N(CCOC(C)c2ccccc2)C(=O)NC2(C(C)=O)CCC2)c(C)c(OC)c1C1CC1. The number of rotatable bonds is 12. The summed E-state index contributed by atoms with van der Waals surface area (Å²) < 4.78 is 17.8. The average molecular weight is 523 g/mol. The van der Waals surface area contributed by atoms with Gasteiger partial charge >= 0.3 is 6.03 Å². The Morgan fingerprint density at radius 1 is 1.11 bits per heavy atom. The third-order valence-corrected chi connectivity index (χ3v) is 8.35. The molecule has 0 bridgehead atoms. The van der Waals surface area contributed by atoms with Gasteiger partial charge in [0.15, 0.2) is 5.78 Å². The summed E-state index contributed by atoms with van der Waals surface area (Å²) in [6.45, 7) is 8.36. The number of Topliss-reactive ketones (excluding diaryl/α,β-unsaturated/α-hetero) is 1. The van der Waals surface area contributed by atoms with Crippen molar-refractivity contribution in [3.8, 4) is 11.5 Å². The van der Waals surface area contributed by atoms with E-state index in [1.54, 1.807) is 26.0 Å². The second-order valence-corrected chi connectivity index (χ2v) is 10.7. The quantitative estimate of drug-likeness (QED) is 0.356. The van der Waals surface area contributed by atoms with Crippen molar-refractivity contribution >= 4 is 11.8 Å². The second-order valence-electron chi connectivity index (χ2n) is 10.7. The number of benzene rings is 2. The molecule has 7 nitrogen and oxygen atoms in total. The summed E-state index contributed by atoms with van der Waals surface area (Å²) in [7, 11) is 3.37. The van der Waals surface area contributed by atoms with E-state index in [2.05, 4.69) is 5.32 Å². The molecule has 2 amide bonds. The molecule has 206 valence electrons. The van der Waals surface area contributed by atoms with Gasteiger partial charge < -0.3 is 24.4 Å². The summed E-state index contributed by atoms with van der Waals surface area (Å²) in [5.41, 5.74) is 3.39. The van der Waals surface area contributed by atoms with Crippen LogP contribution in [0, 0.1) is 6.92 Å². The second kappa shape index (κ2) is 11.8. The standard InChI is InChI=1S/C31H42N2O5/c1-20-26(19-27(36-5)28(25-13-14-25)29(20)37-6)21(2)33(30(35)32-31(23(4)34)15-10-16-31)17-18-38-22(3)24-11-8-7-9-12-24/h7-9,11-12,19,21-22,25H,10,13-18H2,1-6H3,(H,32,35). The molecule has 2 fully saturated rings. The topological polar surface area (TPSA) is 77.1 Å². The highest BCUT2D eigenvalue weighted by Gasteiger charge is 2.44. The van der Waals surface area contributed by atoms with Gasteiger partial charge in [-0.25, -0.2) is 4.79 Å². The summed E-state index contributed by atoms with van der Waals surface area (Å²) in [5.74, 6) is 2.09. The highest BCUT2D eigenvalue weighted by atomic mass is 16.5. The molecule has 4 rings (SSSR count). The predicted molar refractivity (Wildman–Crippen MR) is 148 cm³/mol. The molecular formula is C31H42N2O5. The zero-order chi connectivity index (χ0) is 27.4. The van der Waals surface area contributed by atoms with Gasteiger partial charge in [-0.2, -0.15) is 0 Å². The maximum Gasteiger partial charge on any atom is 0.318 e. The molecule has 2 unspecified atom stereocenters. The van der Waals surface area contributed by atoms with Gasteiger partial charge in [0.1, 0.15) is 11.5 Å². The van der Waals surface area contributed by atoms with Crippen LogP contribution < -0.4 is 14.8 Å². The first-order chi connectivity index (χ1) is 18.2. The van der Waals surface area contributed by atoms with Crippen molar-refractivity contribution in [3.05, 3.63) is 58.7 Å². The van der Waals surface area contributed by atoms with Crippen LogP contribution in [0.5, 0.6) is 11.5 Å². The fourth-order valence-electron chi connectivity index (χ4n) is 5.56. The molecule has 0 spiro atoms. The molecule has 1 N–H and O–H groups in total. The number of carbonyl (C=O) groups excluding carboxylic acids is 2. The molecule has 2 saturated carbocycles. The van der Waals surface area contributed by atoms with Gasteiger partial charge in [0.2, 0.25) is 0 Å². The normalized spacial score (nSPS) is 17.6. The van der Waals surface area contributed by atoms with Gasteiger partial charge in [-0.3, -0.25) is 4.79 Å². The predicted octanol–water partition coefficient (Wildman–Crippen LogP) is 6.25. The zero-order valence-electron chi connectivity index (χ0n) is 23.6. The van der Waals surface area contributed by atoms with Crippen LogP contribution in [0.1, 0.15) is 93.2 Å². The maximum atomic E-state index is 13.8. The van der Waals surface area contributed by atoms with Crippen molar-refractivity contribution in [2.45, 2.75) is 83.4 Å². The Balaban J connectivity index is 1.61. The van der Waals surface area contributed by atoms with E-state index in [0.29, 0.717) is 31.9 Å². The molecule has 0 radical (unpaired) electrons. The van der Waals surface area contributed by atoms with Crippen LogP contribution in [0.2, 0.25) is 0 Å². The summed E-state index contributed by atoms with van der Waals surface area (Å²) in [6, 6.07) is 11.5. The van der Waals surface area contributed by atoms with E-state index >= 15 is 0 Å². The van der Waals surface area contributed by atoms with E-state index in [9.17, 15) is 9.59 Å². The largest absolute Gasteiger partial charge is 0.496 e. The van der Waals surface area contributed by atoms with Gasteiger partial charge in [0.05, 0.1) is 38.5 Å². The summed E-state index contributed by atoms with van der Waals surface area (Å²) in [5, 5.41) is 3.09. The summed E-state index contributed by atoms with van der Waals surface area (Å²) >= 11 is 0. The minimum atomic E-state index is -0.770. The van der Waals surface area contributed by atoms with Gasteiger partial charge in [-0.15, -0.1) is 0 Å².